The third kappa shape index (κ3) is 2.71. The van der Waals surface area contributed by atoms with Crippen LogP contribution in [0.15, 0.2) is 59.2 Å². The second-order valence-corrected chi connectivity index (χ2v) is 6.11. The Bertz CT molecular complexity index is 1060. The molecule has 0 unspecified atom stereocenters. The average molecular weight is 354 g/mol. The molecule has 1 saturated heterocycles. The molecule has 2 aromatic rings. The summed E-state index contributed by atoms with van der Waals surface area (Å²) in [4.78, 5) is 33.3. The summed E-state index contributed by atoms with van der Waals surface area (Å²) >= 11 is 6.02. The van der Waals surface area contributed by atoms with E-state index in [1.165, 1.54) is 11.1 Å². The zero-order chi connectivity index (χ0) is 17.6. The van der Waals surface area contributed by atoms with Crippen LogP contribution in [0, 0.1) is 6.92 Å². The molecule has 124 valence electrons. The van der Waals surface area contributed by atoms with Crippen molar-refractivity contribution in [1.29, 1.82) is 0 Å². The molecule has 1 fully saturated rings. The van der Waals surface area contributed by atoms with E-state index >= 15 is 0 Å². The molecule has 0 spiro atoms. The number of nitrogens with zero attached hydrogens (tertiary/aromatic N) is 2. The molecule has 1 amide bonds. The summed E-state index contributed by atoms with van der Waals surface area (Å²) < 4.78 is 0. The predicted octanol–water partition coefficient (Wildman–Crippen LogP) is 1.33. The Hall–Kier alpha value is -2.96. The normalized spacial score (nSPS) is 17.8. The van der Waals surface area contributed by atoms with Crippen LogP contribution in [-0.4, -0.2) is 11.9 Å². The molecule has 2 aliphatic rings. The second kappa shape index (κ2) is 5.84. The lowest BCUT2D eigenvalue weighted by Crippen LogP contribution is -2.29. The summed E-state index contributed by atoms with van der Waals surface area (Å²) in [7, 11) is 0. The van der Waals surface area contributed by atoms with Gasteiger partial charge in [-0.1, -0.05) is 34.9 Å². The summed E-state index contributed by atoms with van der Waals surface area (Å²) in [5, 5.41) is 3.09. The van der Waals surface area contributed by atoms with Crippen LogP contribution >= 0.6 is 11.6 Å². The standard InChI is InChI=1S/C18H12ClN3O3/c1-10-2-5-12(6-3-10)22-16(18(24)25-21-22)9-14-13-8-11(19)4-7-15(13)20-17(14)23/h2-9,21H,1H3/b16-9+. The number of anilines is 1. The van der Waals surface area contributed by atoms with Gasteiger partial charge in [0, 0.05) is 10.2 Å². The Morgan fingerprint density at radius 2 is 1.92 bits per heavy atom. The quantitative estimate of drug-likeness (QED) is 0.825. The van der Waals surface area contributed by atoms with E-state index in [1.807, 2.05) is 31.2 Å². The number of amides is 1. The number of benzene rings is 2. The highest BCUT2D eigenvalue weighted by Gasteiger charge is 2.30. The minimum atomic E-state index is -0.587. The third-order valence-corrected chi connectivity index (χ3v) is 4.19. The average Bonchev–Trinajstić information content (AvgIpc) is 3.10. The van der Waals surface area contributed by atoms with Crippen LogP contribution in [0.5, 0.6) is 0 Å². The van der Waals surface area contributed by atoms with E-state index in [2.05, 4.69) is 10.6 Å². The van der Waals surface area contributed by atoms with Gasteiger partial charge in [0.1, 0.15) is 5.70 Å². The maximum atomic E-state index is 12.2. The number of halogens is 1. The van der Waals surface area contributed by atoms with E-state index in [9.17, 15) is 9.59 Å². The molecule has 25 heavy (non-hydrogen) atoms. The van der Waals surface area contributed by atoms with Crippen molar-refractivity contribution in [2.45, 2.75) is 6.92 Å². The summed E-state index contributed by atoms with van der Waals surface area (Å²) in [6.07, 6.45) is 1.47. The van der Waals surface area contributed by atoms with E-state index < -0.39 is 11.9 Å². The number of hydrogen-bond donors (Lipinski definition) is 1. The smallest absolute Gasteiger partial charge is 0.345 e. The topological polar surface area (TPSA) is 71.0 Å². The summed E-state index contributed by atoms with van der Waals surface area (Å²) in [5.74, 6) is -1.01. The maximum Gasteiger partial charge on any atom is 0.376 e. The van der Waals surface area contributed by atoms with Gasteiger partial charge in [-0.2, -0.15) is 0 Å². The lowest BCUT2D eigenvalue weighted by molar-refractivity contribution is -0.140. The van der Waals surface area contributed by atoms with Crippen molar-refractivity contribution in [1.82, 2.24) is 5.59 Å². The minimum Gasteiger partial charge on any atom is -0.345 e. The van der Waals surface area contributed by atoms with Gasteiger partial charge in [-0.25, -0.2) is 14.8 Å². The highest BCUT2D eigenvalue weighted by molar-refractivity contribution is 6.30. The fourth-order valence-corrected chi connectivity index (χ4v) is 2.84. The number of carbonyl (C=O) groups excluding carboxylic acids is 2. The van der Waals surface area contributed by atoms with E-state index in [1.54, 1.807) is 18.2 Å². The van der Waals surface area contributed by atoms with Gasteiger partial charge in [0.15, 0.2) is 0 Å². The SMILES string of the molecule is Cc1ccc(N2NOC(=O)/C2=C\C2=c3cc(Cl)ccc3=NC2=O)cc1. The first-order chi connectivity index (χ1) is 12.0. The van der Waals surface area contributed by atoms with Gasteiger partial charge in [0.2, 0.25) is 0 Å². The Morgan fingerprint density at radius 3 is 2.68 bits per heavy atom. The molecule has 0 aliphatic carbocycles. The molecule has 4 rings (SSSR count). The van der Waals surface area contributed by atoms with Crippen molar-refractivity contribution in [3.8, 4) is 0 Å². The first kappa shape index (κ1) is 15.6. The molecule has 0 radical (unpaired) electrons. The number of hydrazine groups is 1. The van der Waals surface area contributed by atoms with Crippen LogP contribution in [0.25, 0.3) is 5.57 Å². The molecule has 1 N–H and O–H groups in total. The summed E-state index contributed by atoms with van der Waals surface area (Å²) in [5.41, 5.74) is 4.83. The molecule has 2 aliphatic heterocycles. The zero-order valence-corrected chi connectivity index (χ0v) is 13.9. The Labute approximate surface area is 147 Å². The van der Waals surface area contributed by atoms with E-state index in [0.717, 1.165) is 5.56 Å². The van der Waals surface area contributed by atoms with Gasteiger partial charge in [0.05, 0.1) is 16.6 Å². The number of carbonyl (C=O) groups is 2. The van der Waals surface area contributed by atoms with E-state index in [0.29, 0.717) is 26.9 Å². The van der Waals surface area contributed by atoms with Crippen molar-refractivity contribution >= 4 is 34.7 Å². The lowest BCUT2D eigenvalue weighted by atomic mass is 10.1. The molecular weight excluding hydrogens is 342 g/mol. The van der Waals surface area contributed by atoms with Crippen LogP contribution in [-0.2, 0) is 14.4 Å². The monoisotopic (exact) mass is 353 g/mol. The maximum absolute atomic E-state index is 12.2. The van der Waals surface area contributed by atoms with E-state index in [-0.39, 0.29) is 5.70 Å². The minimum absolute atomic E-state index is 0.190. The van der Waals surface area contributed by atoms with Crippen LogP contribution < -0.4 is 21.2 Å². The summed E-state index contributed by atoms with van der Waals surface area (Å²) in [6, 6.07) is 12.5. The van der Waals surface area contributed by atoms with Gasteiger partial charge < -0.3 is 4.84 Å². The van der Waals surface area contributed by atoms with Crippen molar-refractivity contribution in [2.24, 2.45) is 4.99 Å². The van der Waals surface area contributed by atoms with Crippen LogP contribution in [0.2, 0.25) is 5.02 Å². The van der Waals surface area contributed by atoms with Gasteiger partial charge >= 0.3 is 5.97 Å². The van der Waals surface area contributed by atoms with Crippen molar-refractivity contribution in [3.63, 3.8) is 0 Å². The van der Waals surface area contributed by atoms with E-state index in [4.69, 9.17) is 16.4 Å². The molecule has 2 aromatic carbocycles. The second-order valence-electron chi connectivity index (χ2n) is 5.67. The first-order valence-corrected chi connectivity index (χ1v) is 7.89. The highest BCUT2D eigenvalue weighted by atomic mass is 35.5. The molecule has 0 atom stereocenters. The third-order valence-electron chi connectivity index (χ3n) is 3.95. The number of fused-ring (bicyclic) bond motifs is 1. The van der Waals surface area contributed by atoms with Crippen molar-refractivity contribution in [2.75, 3.05) is 5.01 Å². The van der Waals surface area contributed by atoms with Crippen molar-refractivity contribution < 1.29 is 14.4 Å². The number of rotatable bonds is 2. The molecular formula is C18H12ClN3O3. The highest BCUT2D eigenvalue weighted by Crippen LogP contribution is 2.24. The number of aryl methyl sites for hydroxylation is 1. The molecule has 7 heteroatoms. The van der Waals surface area contributed by atoms with Gasteiger partial charge in [-0.15, -0.1) is 0 Å². The molecule has 2 heterocycles. The van der Waals surface area contributed by atoms with Crippen LogP contribution in [0.3, 0.4) is 0 Å². The fourth-order valence-electron chi connectivity index (χ4n) is 2.67. The Balaban J connectivity index is 1.85. The Morgan fingerprint density at radius 1 is 1.16 bits per heavy atom. The molecule has 0 bridgehead atoms. The van der Waals surface area contributed by atoms with Gasteiger partial charge in [0.25, 0.3) is 5.91 Å². The van der Waals surface area contributed by atoms with Crippen LogP contribution in [0.4, 0.5) is 5.69 Å². The van der Waals surface area contributed by atoms with Crippen molar-refractivity contribution in [3.05, 3.63) is 75.4 Å². The lowest BCUT2D eigenvalue weighted by Gasteiger charge is -2.15. The fraction of sp³-hybridized carbons (Fsp3) is 0.0556. The number of hydrogen-bond acceptors (Lipinski definition) is 5. The zero-order valence-electron chi connectivity index (χ0n) is 13.1. The molecule has 6 nitrogen and oxygen atoms in total. The van der Waals surface area contributed by atoms with Crippen LogP contribution in [0.1, 0.15) is 5.56 Å². The predicted molar refractivity (Wildman–Crippen MR) is 91.6 cm³/mol. The largest absolute Gasteiger partial charge is 0.376 e. The van der Waals surface area contributed by atoms with Gasteiger partial charge in [-0.05, 0) is 43.3 Å². The molecule has 0 aromatic heterocycles. The Kier molecular flexibility index (Phi) is 3.63. The first-order valence-electron chi connectivity index (χ1n) is 7.51. The summed E-state index contributed by atoms with van der Waals surface area (Å²) in [6.45, 7) is 1.97. The molecule has 0 saturated carbocycles. The number of nitrogens with one attached hydrogen (secondary N) is 1. The van der Waals surface area contributed by atoms with Gasteiger partial charge in [-0.3, -0.25) is 4.79 Å².